The maximum absolute atomic E-state index is 12.2. The molecule has 0 aliphatic carbocycles. The van der Waals surface area contributed by atoms with Crippen molar-refractivity contribution in [3.05, 3.63) is 0 Å². The van der Waals surface area contributed by atoms with Gasteiger partial charge < -0.3 is 4.74 Å². The van der Waals surface area contributed by atoms with Crippen LogP contribution in [0.2, 0.25) is 0 Å². The van der Waals surface area contributed by atoms with Gasteiger partial charge in [-0.1, -0.05) is 13.8 Å². The van der Waals surface area contributed by atoms with Crippen LogP contribution >= 0.6 is 0 Å². The Labute approximate surface area is 99.1 Å². The van der Waals surface area contributed by atoms with E-state index in [0.717, 1.165) is 13.0 Å². The molecule has 0 unspecified atom stereocenters. The van der Waals surface area contributed by atoms with Gasteiger partial charge in [0, 0.05) is 25.1 Å². The summed E-state index contributed by atoms with van der Waals surface area (Å²) in [6.07, 6.45) is 1.08. The Hall–Kier alpha value is -0.410. The van der Waals surface area contributed by atoms with Crippen molar-refractivity contribution in [1.82, 2.24) is 4.90 Å². The zero-order chi connectivity index (χ0) is 12.3. The standard InChI is InChI=1S/C13H25NO2/c1-6-16-11-7-8-14(10(4)5)12(11)13(15)9(2)3/h9-12H,6-8H2,1-5H3/t11-,12+/m1/s1. The first-order valence-corrected chi connectivity index (χ1v) is 6.40. The van der Waals surface area contributed by atoms with Crippen molar-refractivity contribution in [2.24, 2.45) is 5.92 Å². The summed E-state index contributed by atoms with van der Waals surface area (Å²) in [5, 5.41) is 0. The van der Waals surface area contributed by atoms with Crippen molar-refractivity contribution >= 4 is 5.78 Å². The van der Waals surface area contributed by atoms with Crippen molar-refractivity contribution in [2.45, 2.75) is 59.2 Å². The summed E-state index contributed by atoms with van der Waals surface area (Å²) < 4.78 is 5.70. The summed E-state index contributed by atoms with van der Waals surface area (Å²) in [5.74, 6) is 0.414. The minimum atomic E-state index is -0.0278. The number of hydrogen-bond donors (Lipinski definition) is 0. The number of ketones is 1. The van der Waals surface area contributed by atoms with Gasteiger partial charge in [0.05, 0.1) is 12.1 Å². The van der Waals surface area contributed by atoms with E-state index in [4.69, 9.17) is 4.74 Å². The Kier molecular flexibility index (Phi) is 4.93. The first-order chi connectivity index (χ1) is 7.49. The lowest BCUT2D eigenvalue weighted by molar-refractivity contribution is -0.130. The molecule has 0 amide bonds. The van der Waals surface area contributed by atoms with Gasteiger partial charge in [0.15, 0.2) is 5.78 Å². The van der Waals surface area contributed by atoms with Crippen LogP contribution in [0.1, 0.15) is 41.0 Å². The van der Waals surface area contributed by atoms with E-state index in [2.05, 4.69) is 18.7 Å². The van der Waals surface area contributed by atoms with Gasteiger partial charge in [0.2, 0.25) is 0 Å². The van der Waals surface area contributed by atoms with Gasteiger partial charge in [0.1, 0.15) is 0 Å². The number of likely N-dealkylation sites (tertiary alicyclic amines) is 1. The predicted molar refractivity (Wildman–Crippen MR) is 65.5 cm³/mol. The van der Waals surface area contributed by atoms with Crippen LogP contribution in [-0.2, 0) is 9.53 Å². The van der Waals surface area contributed by atoms with E-state index in [-0.39, 0.29) is 18.1 Å². The SMILES string of the molecule is CCO[C@@H]1CCN(C(C)C)[C@@H]1C(=O)C(C)C. The minimum Gasteiger partial charge on any atom is -0.376 e. The third-order valence-corrected chi connectivity index (χ3v) is 3.29. The van der Waals surface area contributed by atoms with Crippen LogP contribution in [0, 0.1) is 5.92 Å². The lowest BCUT2D eigenvalue weighted by atomic mass is 9.97. The molecule has 1 aliphatic heterocycles. The van der Waals surface area contributed by atoms with Crippen LogP contribution in [0.4, 0.5) is 0 Å². The molecule has 0 spiro atoms. The van der Waals surface area contributed by atoms with Crippen LogP contribution in [0.3, 0.4) is 0 Å². The first kappa shape index (κ1) is 13.7. The van der Waals surface area contributed by atoms with Crippen LogP contribution in [0.25, 0.3) is 0 Å². The Morgan fingerprint density at radius 3 is 2.44 bits per heavy atom. The number of Topliss-reactive ketones (excluding diaryl/α,β-unsaturated/α-hetero) is 1. The zero-order valence-electron chi connectivity index (χ0n) is 11.2. The van der Waals surface area contributed by atoms with E-state index in [0.29, 0.717) is 18.4 Å². The number of nitrogens with zero attached hydrogens (tertiary/aromatic N) is 1. The molecule has 0 aromatic rings. The molecule has 0 radical (unpaired) electrons. The summed E-state index contributed by atoms with van der Waals surface area (Å²) in [5.41, 5.74) is 0. The molecule has 1 rings (SSSR count). The van der Waals surface area contributed by atoms with E-state index in [9.17, 15) is 4.79 Å². The summed E-state index contributed by atoms with van der Waals surface area (Å²) in [4.78, 5) is 14.5. The highest BCUT2D eigenvalue weighted by Gasteiger charge is 2.41. The summed E-state index contributed by atoms with van der Waals surface area (Å²) in [7, 11) is 0. The quantitative estimate of drug-likeness (QED) is 0.720. The van der Waals surface area contributed by atoms with Crippen molar-refractivity contribution in [3.8, 4) is 0 Å². The lowest BCUT2D eigenvalue weighted by Gasteiger charge is -2.30. The largest absolute Gasteiger partial charge is 0.376 e. The van der Waals surface area contributed by atoms with E-state index in [1.807, 2.05) is 20.8 Å². The average Bonchev–Trinajstić information content (AvgIpc) is 2.61. The fourth-order valence-corrected chi connectivity index (χ4v) is 2.44. The maximum Gasteiger partial charge on any atom is 0.155 e. The van der Waals surface area contributed by atoms with Gasteiger partial charge in [-0.25, -0.2) is 0 Å². The maximum atomic E-state index is 12.2. The molecular weight excluding hydrogens is 202 g/mol. The third kappa shape index (κ3) is 2.83. The second kappa shape index (κ2) is 5.78. The van der Waals surface area contributed by atoms with E-state index in [1.54, 1.807) is 0 Å². The number of hydrogen-bond acceptors (Lipinski definition) is 3. The van der Waals surface area contributed by atoms with E-state index in [1.165, 1.54) is 0 Å². The van der Waals surface area contributed by atoms with Gasteiger partial charge in [-0.15, -0.1) is 0 Å². The normalized spacial score (nSPS) is 26.9. The van der Waals surface area contributed by atoms with Crippen LogP contribution in [0.5, 0.6) is 0 Å². The monoisotopic (exact) mass is 227 g/mol. The third-order valence-electron chi connectivity index (χ3n) is 3.29. The Morgan fingerprint density at radius 2 is 2.00 bits per heavy atom. The fraction of sp³-hybridized carbons (Fsp3) is 0.923. The second-order valence-electron chi connectivity index (χ2n) is 5.12. The molecule has 3 nitrogen and oxygen atoms in total. The zero-order valence-corrected chi connectivity index (χ0v) is 11.2. The molecule has 0 bridgehead atoms. The van der Waals surface area contributed by atoms with Crippen molar-refractivity contribution in [1.29, 1.82) is 0 Å². The molecule has 1 heterocycles. The Balaban J connectivity index is 2.80. The minimum absolute atomic E-state index is 0.0278. The number of carbonyl (C=O) groups excluding carboxylic acids is 1. The van der Waals surface area contributed by atoms with Crippen molar-refractivity contribution in [3.63, 3.8) is 0 Å². The molecule has 0 saturated carbocycles. The topological polar surface area (TPSA) is 29.5 Å². The predicted octanol–water partition coefficient (Wildman–Crippen LogP) is 2.10. The smallest absolute Gasteiger partial charge is 0.155 e. The van der Waals surface area contributed by atoms with E-state index < -0.39 is 0 Å². The van der Waals surface area contributed by atoms with Gasteiger partial charge in [-0.2, -0.15) is 0 Å². The molecule has 0 N–H and O–H groups in total. The fourth-order valence-electron chi connectivity index (χ4n) is 2.44. The molecule has 16 heavy (non-hydrogen) atoms. The van der Waals surface area contributed by atoms with Crippen molar-refractivity contribution < 1.29 is 9.53 Å². The second-order valence-corrected chi connectivity index (χ2v) is 5.12. The molecule has 1 saturated heterocycles. The highest BCUT2D eigenvalue weighted by Crippen LogP contribution is 2.26. The number of carbonyl (C=O) groups is 1. The van der Waals surface area contributed by atoms with Crippen LogP contribution in [-0.4, -0.2) is 42.0 Å². The molecule has 1 fully saturated rings. The van der Waals surface area contributed by atoms with Gasteiger partial charge >= 0.3 is 0 Å². The molecule has 2 atom stereocenters. The molecular formula is C13H25NO2. The lowest BCUT2D eigenvalue weighted by Crippen LogP contribution is -2.47. The molecule has 94 valence electrons. The van der Waals surface area contributed by atoms with Gasteiger partial charge in [-0.05, 0) is 27.2 Å². The molecule has 1 aliphatic rings. The first-order valence-electron chi connectivity index (χ1n) is 6.40. The highest BCUT2D eigenvalue weighted by molar-refractivity contribution is 5.86. The Bertz CT molecular complexity index is 238. The van der Waals surface area contributed by atoms with Crippen LogP contribution < -0.4 is 0 Å². The van der Waals surface area contributed by atoms with Crippen molar-refractivity contribution in [2.75, 3.05) is 13.2 Å². The molecule has 0 aromatic heterocycles. The van der Waals surface area contributed by atoms with E-state index >= 15 is 0 Å². The van der Waals surface area contributed by atoms with Gasteiger partial charge in [0.25, 0.3) is 0 Å². The highest BCUT2D eigenvalue weighted by atomic mass is 16.5. The number of ether oxygens (including phenoxy) is 1. The van der Waals surface area contributed by atoms with Gasteiger partial charge in [-0.3, -0.25) is 9.69 Å². The average molecular weight is 227 g/mol. The summed E-state index contributed by atoms with van der Waals surface area (Å²) in [6, 6.07) is 0.387. The molecule has 0 aromatic carbocycles. The summed E-state index contributed by atoms with van der Waals surface area (Å²) in [6.45, 7) is 11.9. The molecule has 3 heteroatoms. The number of rotatable bonds is 5. The Morgan fingerprint density at radius 1 is 1.38 bits per heavy atom. The van der Waals surface area contributed by atoms with Crippen LogP contribution in [0.15, 0.2) is 0 Å². The summed E-state index contributed by atoms with van der Waals surface area (Å²) >= 11 is 0.